The molecule has 3 heteroatoms. The van der Waals surface area contributed by atoms with Gasteiger partial charge in [0.25, 0.3) is 0 Å². The van der Waals surface area contributed by atoms with E-state index in [1.807, 2.05) is 14.0 Å². The van der Waals surface area contributed by atoms with E-state index in [4.69, 9.17) is 11.6 Å². The van der Waals surface area contributed by atoms with Gasteiger partial charge in [-0.1, -0.05) is 11.6 Å². The van der Waals surface area contributed by atoms with E-state index in [2.05, 4.69) is 5.32 Å². The van der Waals surface area contributed by atoms with Gasteiger partial charge in [-0.05, 0) is 56.6 Å². The molecule has 0 saturated heterocycles. The quantitative estimate of drug-likeness (QED) is 0.818. The molecule has 1 nitrogen and oxygen atoms in total. The summed E-state index contributed by atoms with van der Waals surface area (Å²) in [5.74, 6) is -0.216. The molecule has 78 valence electrons. The second kappa shape index (κ2) is 4.76. The van der Waals surface area contributed by atoms with E-state index in [9.17, 15) is 4.39 Å². The number of rotatable bonds is 3. The van der Waals surface area contributed by atoms with E-state index in [1.54, 1.807) is 6.92 Å². The molecule has 14 heavy (non-hydrogen) atoms. The summed E-state index contributed by atoms with van der Waals surface area (Å²) in [7, 11) is 1.88. The average Bonchev–Trinajstić information content (AvgIpc) is 2.15. The van der Waals surface area contributed by atoms with Crippen LogP contribution in [-0.4, -0.2) is 13.6 Å². The molecule has 0 aliphatic heterocycles. The van der Waals surface area contributed by atoms with Gasteiger partial charge in [0, 0.05) is 5.02 Å². The molecule has 0 bridgehead atoms. The van der Waals surface area contributed by atoms with E-state index in [-0.39, 0.29) is 5.82 Å². The monoisotopic (exact) mass is 215 g/mol. The van der Waals surface area contributed by atoms with Crippen LogP contribution in [0.15, 0.2) is 6.07 Å². The number of hydrogen-bond acceptors (Lipinski definition) is 1. The highest BCUT2D eigenvalue weighted by molar-refractivity contribution is 6.31. The van der Waals surface area contributed by atoms with Crippen molar-refractivity contribution >= 4 is 11.6 Å². The Kier molecular flexibility index (Phi) is 3.90. The smallest absolute Gasteiger partial charge is 0.127 e. The number of halogens is 2. The molecule has 0 aliphatic carbocycles. The molecular weight excluding hydrogens is 201 g/mol. The third-order valence-electron chi connectivity index (χ3n) is 2.50. The molecule has 1 N–H and O–H groups in total. The van der Waals surface area contributed by atoms with Crippen molar-refractivity contribution in [1.82, 2.24) is 5.32 Å². The molecule has 0 aliphatic rings. The summed E-state index contributed by atoms with van der Waals surface area (Å²) in [4.78, 5) is 0. The maximum atomic E-state index is 13.3. The van der Waals surface area contributed by atoms with Crippen LogP contribution in [-0.2, 0) is 6.42 Å². The predicted octanol–water partition coefficient (Wildman–Crippen LogP) is 2.86. The Balaban J connectivity index is 3.11. The first-order valence-electron chi connectivity index (χ1n) is 4.66. The number of nitrogens with one attached hydrogen (secondary N) is 1. The Bertz CT molecular complexity index is 310. The first-order valence-corrected chi connectivity index (χ1v) is 5.04. The maximum Gasteiger partial charge on any atom is 0.127 e. The molecule has 0 unspecified atom stereocenters. The van der Waals surface area contributed by atoms with Gasteiger partial charge >= 0.3 is 0 Å². The summed E-state index contributed by atoms with van der Waals surface area (Å²) in [6.07, 6.45) is 0.811. The minimum atomic E-state index is -0.216. The fourth-order valence-electron chi connectivity index (χ4n) is 1.52. The zero-order valence-electron chi connectivity index (χ0n) is 8.75. The van der Waals surface area contributed by atoms with Crippen molar-refractivity contribution in [3.63, 3.8) is 0 Å². The zero-order chi connectivity index (χ0) is 10.7. The van der Waals surface area contributed by atoms with Gasteiger partial charge in [-0.3, -0.25) is 0 Å². The fraction of sp³-hybridized carbons (Fsp3) is 0.455. The highest BCUT2D eigenvalue weighted by atomic mass is 35.5. The predicted molar refractivity (Wildman–Crippen MR) is 58.5 cm³/mol. The molecule has 1 aromatic rings. The summed E-state index contributed by atoms with van der Waals surface area (Å²) in [6, 6.07) is 1.38. The number of likely N-dealkylation sites (N-methyl/N-ethyl adjacent to an activating group) is 1. The van der Waals surface area contributed by atoms with Crippen LogP contribution in [0.1, 0.15) is 16.7 Å². The molecule has 0 atom stereocenters. The van der Waals surface area contributed by atoms with Crippen molar-refractivity contribution in [3.05, 3.63) is 33.6 Å². The van der Waals surface area contributed by atoms with E-state index >= 15 is 0 Å². The molecular formula is C11H15ClFN. The van der Waals surface area contributed by atoms with Crippen LogP contribution < -0.4 is 5.32 Å². The summed E-state index contributed by atoms with van der Waals surface area (Å²) in [5, 5.41) is 3.56. The van der Waals surface area contributed by atoms with Crippen molar-refractivity contribution < 1.29 is 4.39 Å². The first-order chi connectivity index (χ1) is 6.57. The van der Waals surface area contributed by atoms with Crippen LogP contribution in [0.2, 0.25) is 5.02 Å². The molecule has 0 radical (unpaired) electrons. The van der Waals surface area contributed by atoms with Crippen molar-refractivity contribution in [1.29, 1.82) is 0 Å². The van der Waals surface area contributed by atoms with Crippen LogP contribution in [0.4, 0.5) is 4.39 Å². The molecule has 0 fully saturated rings. The zero-order valence-corrected chi connectivity index (χ0v) is 9.50. The highest BCUT2D eigenvalue weighted by Gasteiger charge is 2.10. The lowest BCUT2D eigenvalue weighted by molar-refractivity contribution is 0.613. The van der Waals surface area contributed by atoms with Gasteiger partial charge in [-0.15, -0.1) is 0 Å². The van der Waals surface area contributed by atoms with Crippen molar-refractivity contribution in [3.8, 4) is 0 Å². The Morgan fingerprint density at radius 3 is 2.57 bits per heavy atom. The third-order valence-corrected chi connectivity index (χ3v) is 2.89. The Hall–Kier alpha value is -0.600. The standard InChI is InChI=1S/C11H15ClFN/c1-7-9(4-5-14-3)8(2)11(13)6-10(7)12/h6,14H,4-5H2,1-3H3. The summed E-state index contributed by atoms with van der Waals surface area (Å²) >= 11 is 5.91. The second-order valence-corrected chi connectivity index (χ2v) is 3.83. The highest BCUT2D eigenvalue weighted by Crippen LogP contribution is 2.25. The summed E-state index contributed by atoms with van der Waals surface area (Å²) in [5.41, 5.74) is 2.72. The summed E-state index contributed by atoms with van der Waals surface area (Å²) < 4.78 is 13.3. The van der Waals surface area contributed by atoms with Crippen LogP contribution in [0, 0.1) is 19.7 Å². The van der Waals surface area contributed by atoms with Crippen LogP contribution in [0.3, 0.4) is 0 Å². The minimum Gasteiger partial charge on any atom is -0.319 e. The van der Waals surface area contributed by atoms with Gasteiger partial charge in [-0.2, -0.15) is 0 Å². The van der Waals surface area contributed by atoms with Gasteiger partial charge in [0.05, 0.1) is 0 Å². The molecule has 1 aromatic carbocycles. The lowest BCUT2D eigenvalue weighted by Crippen LogP contribution is -2.12. The van der Waals surface area contributed by atoms with Crippen molar-refractivity contribution in [2.45, 2.75) is 20.3 Å². The molecule has 1 rings (SSSR count). The Morgan fingerprint density at radius 1 is 1.36 bits per heavy atom. The van der Waals surface area contributed by atoms with E-state index in [0.717, 1.165) is 24.1 Å². The largest absolute Gasteiger partial charge is 0.319 e. The SMILES string of the molecule is CNCCc1c(C)c(F)cc(Cl)c1C. The first kappa shape index (κ1) is 11.5. The number of benzene rings is 1. The van der Waals surface area contributed by atoms with E-state index in [1.165, 1.54) is 6.07 Å². The van der Waals surface area contributed by atoms with Crippen molar-refractivity contribution in [2.75, 3.05) is 13.6 Å². The second-order valence-electron chi connectivity index (χ2n) is 3.42. The number of hydrogen-bond donors (Lipinski definition) is 1. The van der Waals surface area contributed by atoms with Gasteiger partial charge in [0.2, 0.25) is 0 Å². The summed E-state index contributed by atoms with van der Waals surface area (Å²) in [6.45, 7) is 4.56. The molecule has 0 amide bonds. The third kappa shape index (κ3) is 2.25. The van der Waals surface area contributed by atoms with Gasteiger partial charge < -0.3 is 5.32 Å². The van der Waals surface area contributed by atoms with Crippen LogP contribution in [0.5, 0.6) is 0 Å². The Morgan fingerprint density at radius 2 is 2.00 bits per heavy atom. The normalized spacial score (nSPS) is 10.6. The van der Waals surface area contributed by atoms with Gasteiger partial charge in [0.1, 0.15) is 5.82 Å². The molecule has 0 aromatic heterocycles. The van der Waals surface area contributed by atoms with E-state index in [0.29, 0.717) is 10.6 Å². The molecule has 0 spiro atoms. The molecule has 0 heterocycles. The van der Waals surface area contributed by atoms with Crippen LogP contribution in [0.25, 0.3) is 0 Å². The molecule has 0 saturated carbocycles. The lowest BCUT2D eigenvalue weighted by atomic mass is 9.99. The van der Waals surface area contributed by atoms with Gasteiger partial charge in [0.15, 0.2) is 0 Å². The average molecular weight is 216 g/mol. The van der Waals surface area contributed by atoms with Gasteiger partial charge in [-0.25, -0.2) is 4.39 Å². The topological polar surface area (TPSA) is 12.0 Å². The fourth-order valence-corrected chi connectivity index (χ4v) is 1.73. The maximum absolute atomic E-state index is 13.3. The van der Waals surface area contributed by atoms with E-state index < -0.39 is 0 Å². The Labute approximate surface area is 89.3 Å². The van der Waals surface area contributed by atoms with Crippen LogP contribution >= 0.6 is 11.6 Å². The minimum absolute atomic E-state index is 0.216. The lowest BCUT2D eigenvalue weighted by Gasteiger charge is -2.12. The van der Waals surface area contributed by atoms with Crippen molar-refractivity contribution in [2.24, 2.45) is 0 Å².